The average Bonchev–Trinajstić information content (AvgIpc) is 2.81. The van der Waals surface area contributed by atoms with Gasteiger partial charge in [0.25, 0.3) is 5.91 Å². The first-order valence-electron chi connectivity index (χ1n) is 10.1. The van der Waals surface area contributed by atoms with Gasteiger partial charge < -0.3 is 5.32 Å². The molecule has 1 aromatic heterocycles. The molecule has 0 unspecified atom stereocenters. The van der Waals surface area contributed by atoms with Crippen molar-refractivity contribution in [1.82, 2.24) is 9.97 Å². The number of hydrogen-bond acceptors (Lipinski definition) is 5. The fraction of sp³-hybridized carbons (Fsp3) is 0.250. The van der Waals surface area contributed by atoms with E-state index in [1.807, 2.05) is 12.1 Å². The standard InChI is InChI=1S/C24H22N4OS/c25-16-20-15-19(9-12-22(20)30-24-26-13-4-14-27-24)23(29)28-21-10-7-18(8-11-21)17-5-2-1-3-6-17/h4,7-15,17H,1-3,5-6H2,(H,28,29). The van der Waals surface area contributed by atoms with Crippen LogP contribution < -0.4 is 5.32 Å². The Hall–Kier alpha value is -3.17. The number of nitrogens with zero attached hydrogens (tertiary/aromatic N) is 3. The van der Waals surface area contributed by atoms with Gasteiger partial charge in [-0.25, -0.2) is 9.97 Å². The summed E-state index contributed by atoms with van der Waals surface area (Å²) < 4.78 is 0. The Morgan fingerprint density at radius 1 is 1.03 bits per heavy atom. The zero-order valence-corrected chi connectivity index (χ0v) is 17.4. The number of nitrogens with one attached hydrogen (secondary N) is 1. The molecule has 4 rings (SSSR count). The second-order valence-electron chi connectivity index (χ2n) is 7.37. The van der Waals surface area contributed by atoms with Crippen LogP contribution in [0, 0.1) is 11.3 Å². The first kappa shape index (κ1) is 20.1. The van der Waals surface area contributed by atoms with Crippen LogP contribution in [-0.4, -0.2) is 15.9 Å². The summed E-state index contributed by atoms with van der Waals surface area (Å²) in [7, 11) is 0. The molecule has 1 N–H and O–H groups in total. The first-order chi connectivity index (χ1) is 14.7. The van der Waals surface area contributed by atoms with Crippen LogP contribution in [0.2, 0.25) is 0 Å². The van der Waals surface area contributed by atoms with E-state index in [4.69, 9.17) is 0 Å². The molecule has 0 atom stereocenters. The molecule has 150 valence electrons. The van der Waals surface area contributed by atoms with Gasteiger partial charge in [0.15, 0.2) is 5.16 Å². The van der Waals surface area contributed by atoms with Gasteiger partial charge in [-0.3, -0.25) is 4.79 Å². The molecular formula is C24H22N4OS. The molecule has 1 heterocycles. The average molecular weight is 415 g/mol. The van der Waals surface area contributed by atoms with Gasteiger partial charge in [0.05, 0.1) is 5.56 Å². The van der Waals surface area contributed by atoms with E-state index in [0.29, 0.717) is 22.2 Å². The van der Waals surface area contributed by atoms with E-state index in [1.54, 1.807) is 36.7 Å². The number of nitriles is 1. The second kappa shape index (κ2) is 9.55. The fourth-order valence-electron chi connectivity index (χ4n) is 3.76. The molecule has 0 bridgehead atoms. The van der Waals surface area contributed by atoms with Gasteiger partial charge >= 0.3 is 0 Å². The summed E-state index contributed by atoms with van der Waals surface area (Å²) in [6, 6.07) is 17.2. The predicted molar refractivity (Wildman–Crippen MR) is 118 cm³/mol. The Labute approximate surface area is 180 Å². The maximum atomic E-state index is 12.7. The normalized spacial score (nSPS) is 14.1. The van der Waals surface area contributed by atoms with Crippen molar-refractivity contribution < 1.29 is 4.79 Å². The predicted octanol–water partition coefficient (Wildman–Crippen LogP) is 5.80. The molecule has 3 aromatic rings. The molecule has 6 heteroatoms. The van der Waals surface area contributed by atoms with Crippen molar-refractivity contribution >= 4 is 23.4 Å². The summed E-state index contributed by atoms with van der Waals surface area (Å²) in [4.78, 5) is 21.7. The smallest absolute Gasteiger partial charge is 0.255 e. The van der Waals surface area contributed by atoms with Crippen LogP contribution in [0.3, 0.4) is 0 Å². The van der Waals surface area contributed by atoms with Crippen LogP contribution in [0.1, 0.15) is 59.5 Å². The molecule has 1 aliphatic carbocycles. The van der Waals surface area contributed by atoms with Gasteiger partial charge in [-0.2, -0.15) is 5.26 Å². The van der Waals surface area contributed by atoms with E-state index < -0.39 is 0 Å². The van der Waals surface area contributed by atoms with Crippen LogP contribution >= 0.6 is 11.8 Å². The maximum Gasteiger partial charge on any atom is 0.255 e. The maximum absolute atomic E-state index is 12.7. The summed E-state index contributed by atoms with van der Waals surface area (Å²) in [5.74, 6) is 0.407. The summed E-state index contributed by atoms with van der Waals surface area (Å²) in [6.07, 6.45) is 9.75. The van der Waals surface area contributed by atoms with Crippen molar-refractivity contribution in [3.8, 4) is 6.07 Å². The number of rotatable bonds is 5. The Morgan fingerprint density at radius 2 is 1.77 bits per heavy atom. The molecule has 0 spiro atoms. The minimum absolute atomic E-state index is 0.232. The highest BCUT2D eigenvalue weighted by Crippen LogP contribution is 2.33. The molecule has 30 heavy (non-hydrogen) atoms. The lowest BCUT2D eigenvalue weighted by Gasteiger charge is -2.22. The number of benzene rings is 2. The van der Waals surface area contributed by atoms with Gasteiger partial charge in [0, 0.05) is 28.5 Å². The van der Waals surface area contributed by atoms with E-state index in [1.165, 1.54) is 49.4 Å². The Bertz CT molecular complexity index is 1050. The number of aromatic nitrogens is 2. The van der Waals surface area contributed by atoms with Crippen LogP contribution in [-0.2, 0) is 0 Å². The summed E-state index contributed by atoms with van der Waals surface area (Å²) >= 11 is 1.30. The monoisotopic (exact) mass is 414 g/mol. The van der Waals surface area contributed by atoms with Crippen molar-refractivity contribution in [1.29, 1.82) is 5.26 Å². The zero-order valence-electron chi connectivity index (χ0n) is 16.5. The third kappa shape index (κ3) is 4.87. The van der Waals surface area contributed by atoms with E-state index >= 15 is 0 Å². The molecule has 0 saturated heterocycles. The molecule has 2 aromatic carbocycles. The lowest BCUT2D eigenvalue weighted by molar-refractivity contribution is 0.102. The van der Waals surface area contributed by atoms with Crippen molar-refractivity contribution in [2.75, 3.05) is 5.32 Å². The Balaban J connectivity index is 1.44. The molecule has 1 aliphatic rings. The lowest BCUT2D eigenvalue weighted by Crippen LogP contribution is -2.12. The van der Waals surface area contributed by atoms with Gasteiger partial charge in [-0.15, -0.1) is 0 Å². The number of carbonyl (C=O) groups excluding carboxylic acids is 1. The van der Waals surface area contributed by atoms with Crippen LogP contribution in [0.15, 0.2) is 71.0 Å². The molecule has 1 fully saturated rings. The summed E-state index contributed by atoms with van der Waals surface area (Å²) in [5.41, 5.74) is 2.98. The summed E-state index contributed by atoms with van der Waals surface area (Å²) in [6.45, 7) is 0. The molecule has 1 amide bonds. The molecule has 0 aliphatic heterocycles. The number of anilines is 1. The van der Waals surface area contributed by atoms with Crippen molar-refractivity contribution in [3.05, 3.63) is 77.6 Å². The van der Waals surface area contributed by atoms with Gasteiger partial charge in [0.2, 0.25) is 0 Å². The number of carbonyl (C=O) groups is 1. The summed E-state index contributed by atoms with van der Waals surface area (Å²) in [5, 5.41) is 13.0. The minimum atomic E-state index is -0.232. The molecule has 5 nitrogen and oxygen atoms in total. The van der Waals surface area contributed by atoms with Gasteiger partial charge in [0.1, 0.15) is 6.07 Å². The molecule has 1 saturated carbocycles. The van der Waals surface area contributed by atoms with Crippen LogP contribution in [0.4, 0.5) is 5.69 Å². The minimum Gasteiger partial charge on any atom is -0.322 e. The van der Waals surface area contributed by atoms with Crippen molar-refractivity contribution in [2.24, 2.45) is 0 Å². The zero-order chi connectivity index (χ0) is 20.8. The van der Waals surface area contributed by atoms with Crippen LogP contribution in [0.5, 0.6) is 0 Å². The third-order valence-electron chi connectivity index (χ3n) is 5.35. The SMILES string of the molecule is N#Cc1cc(C(=O)Nc2ccc(C3CCCCC3)cc2)ccc1Sc1ncccn1. The quantitative estimate of drug-likeness (QED) is 0.534. The Kier molecular flexibility index (Phi) is 6.41. The molecule has 0 radical (unpaired) electrons. The van der Waals surface area contributed by atoms with E-state index in [0.717, 1.165) is 10.6 Å². The highest BCUT2D eigenvalue weighted by atomic mass is 32.2. The fourth-order valence-corrected chi connectivity index (χ4v) is 4.54. The molecular weight excluding hydrogens is 392 g/mol. The van der Waals surface area contributed by atoms with Gasteiger partial charge in [-0.05, 0) is 72.5 Å². The number of amides is 1. The topological polar surface area (TPSA) is 78.7 Å². The van der Waals surface area contributed by atoms with Crippen LogP contribution in [0.25, 0.3) is 0 Å². The van der Waals surface area contributed by atoms with E-state index in [9.17, 15) is 10.1 Å². The third-order valence-corrected chi connectivity index (χ3v) is 6.32. The van der Waals surface area contributed by atoms with Crippen molar-refractivity contribution in [3.63, 3.8) is 0 Å². The highest BCUT2D eigenvalue weighted by molar-refractivity contribution is 7.99. The first-order valence-corrected chi connectivity index (χ1v) is 10.9. The van der Waals surface area contributed by atoms with E-state index in [2.05, 4.69) is 33.5 Å². The Morgan fingerprint density at radius 3 is 2.47 bits per heavy atom. The second-order valence-corrected chi connectivity index (χ2v) is 8.38. The van der Waals surface area contributed by atoms with Crippen molar-refractivity contribution in [2.45, 2.75) is 48.1 Å². The highest BCUT2D eigenvalue weighted by Gasteiger charge is 2.16. The van der Waals surface area contributed by atoms with E-state index in [-0.39, 0.29) is 5.91 Å². The largest absolute Gasteiger partial charge is 0.322 e. The number of hydrogen-bond donors (Lipinski definition) is 1. The van der Waals surface area contributed by atoms with Gasteiger partial charge in [-0.1, -0.05) is 31.4 Å². The lowest BCUT2D eigenvalue weighted by atomic mass is 9.84.